The zero-order valence-electron chi connectivity index (χ0n) is 21.0. The molecule has 212 valence electrons. The fourth-order valence-electron chi connectivity index (χ4n) is 4.82. The lowest BCUT2D eigenvalue weighted by molar-refractivity contribution is -0.154. The molecular weight excluding hydrogens is 723 g/mol. The number of ketones is 1. The predicted octanol–water partition coefficient (Wildman–Crippen LogP) is 6.44. The molecule has 3 amide bonds. The number of carbonyl (C=O) groups is 5. The van der Waals surface area contributed by atoms with Gasteiger partial charge in [0.05, 0.1) is 21.9 Å². The van der Waals surface area contributed by atoms with Crippen LogP contribution in [-0.4, -0.2) is 55.7 Å². The first-order valence-corrected chi connectivity index (χ1v) is 15.8. The number of Topliss-reactive ketones (excluding diaryl/α,β-unsaturated/α-hetero) is 1. The molecule has 2 aromatic carbocycles. The van der Waals surface area contributed by atoms with E-state index < -0.39 is 47.9 Å². The van der Waals surface area contributed by atoms with Crippen molar-refractivity contribution in [1.29, 1.82) is 0 Å². The summed E-state index contributed by atoms with van der Waals surface area (Å²) in [5.74, 6) is -3.93. The summed E-state index contributed by atoms with van der Waals surface area (Å²) in [5.41, 5.74) is 0.237. The van der Waals surface area contributed by atoms with E-state index in [2.05, 4.69) is 31.9 Å². The van der Waals surface area contributed by atoms with Gasteiger partial charge in [0, 0.05) is 20.8 Å². The van der Waals surface area contributed by atoms with Crippen molar-refractivity contribution in [3.63, 3.8) is 0 Å². The molecule has 0 spiro atoms. The van der Waals surface area contributed by atoms with Crippen molar-refractivity contribution in [1.82, 2.24) is 10.0 Å². The van der Waals surface area contributed by atoms with Crippen LogP contribution < -0.4 is 4.74 Å². The third-order valence-electron chi connectivity index (χ3n) is 6.93. The van der Waals surface area contributed by atoms with E-state index in [-0.39, 0.29) is 36.6 Å². The number of hydrogen-bond donors (Lipinski definition) is 0. The van der Waals surface area contributed by atoms with Crippen molar-refractivity contribution in [2.75, 3.05) is 6.54 Å². The number of benzene rings is 2. The highest BCUT2D eigenvalue weighted by Crippen LogP contribution is 2.43. The molecule has 2 heterocycles. The number of hydrazine groups is 1. The fraction of sp³-hybridized carbons (Fsp3) is 0.250. The van der Waals surface area contributed by atoms with Crippen molar-refractivity contribution < 1.29 is 28.7 Å². The van der Waals surface area contributed by atoms with Gasteiger partial charge in [-0.15, -0.1) is 11.3 Å². The van der Waals surface area contributed by atoms with Crippen LogP contribution in [0.25, 0.3) is 0 Å². The molecule has 0 bridgehead atoms. The first kappa shape index (κ1) is 29.9. The van der Waals surface area contributed by atoms with Gasteiger partial charge in [0.2, 0.25) is 0 Å². The number of esters is 1. The van der Waals surface area contributed by atoms with Crippen LogP contribution in [0.5, 0.6) is 5.75 Å². The van der Waals surface area contributed by atoms with Crippen LogP contribution in [0, 0.1) is 11.8 Å². The Balaban J connectivity index is 1.41. The maximum Gasteiger partial charge on any atom is 0.353 e. The molecule has 2 aliphatic rings. The Morgan fingerprint density at radius 2 is 1.51 bits per heavy atom. The maximum atomic E-state index is 13.7. The predicted molar refractivity (Wildman–Crippen MR) is 161 cm³/mol. The lowest BCUT2D eigenvalue weighted by Gasteiger charge is -2.30. The van der Waals surface area contributed by atoms with Crippen molar-refractivity contribution in [3.8, 4) is 5.75 Å². The smallest absolute Gasteiger partial charge is 0.353 e. The lowest BCUT2D eigenvalue weighted by Crippen LogP contribution is -2.52. The summed E-state index contributed by atoms with van der Waals surface area (Å²) in [4.78, 5) is 66.8. The molecule has 13 heteroatoms. The molecule has 1 aliphatic heterocycles. The average molecular weight is 743 g/mol. The molecule has 1 saturated heterocycles. The lowest BCUT2D eigenvalue weighted by atomic mass is 9.81. The van der Waals surface area contributed by atoms with E-state index in [1.54, 1.807) is 17.5 Å². The van der Waals surface area contributed by atoms with Gasteiger partial charge in [-0.1, -0.05) is 61.1 Å². The molecular formula is C28H20Br2Cl2N2O6S. The number of alkyl halides is 2. The van der Waals surface area contributed by atoms with E-state index in [4.69, 9.17) is 27.9 Å². The van der Waals surface area contributed by atoms with Gasteiger partial charge in [0.15, 0.2) is 5.78 Å². The van der Waals surface area contributed by atoms with Crippen LogP contribution in [0.3, 0.4) is 0 Å². The van der Waals surface area contributed by atoms with Crippen molar-refractivity contribution in [2.45, 2.75) is 22.5 Å². The number of nitrogens with zero attached hydrogens (tertiary/aromatic N) is 2. The number of rotatable bonds is 7. The molecule has 2 fully saturated rings. The van der Waals surface area contributed by atoms with E-state index in [1.807, 2.05) is 0 Å². The highest BCUT2D eigenvalue weighted by Gasteiger charge is 2.54. The largest absolute Gasteiger partial charge is 0.422 e. The maximum absolute atomic E-state index is 13.7. The van der Waals surface area contributed by atoms with Crippen LogP contribution in [0.2, 0.25) is 10.0 Å². The highest BCUT2D eigenvalue weighted by molar-refractivity contribution is 9.12. The number of carbonyl (C=O) groups excluding carboxylic acids is 5. The highest BCUT2D eigenvalue weighted by atomic mass is 79.9. The zero-order valence-corrected chi connectivity index (χ0v) is 26.5. The second-order valence-corrected chi connectivity index (χ2v) is 13.6. The van der Waals surface area contributed by atoms with Gasteiger partial charge in [0.25, 0.3) is 17.7 Å². The SMILES string of the molecule is O=C(CN(C(=O)c1ccc(Cl)c(Cl)c1)N1C(=O)[C@H]2C[C@@H](Br)[C@@H](Br)C[C@H]2C1=O)c1ccc(OC(=O)c2cccs2)cc1. The molecule has 0 unspecified atom stereocenters. The van der Waals surface area contributed by atoms with Gasteiger partial charge in [0.1, 0.15) is 17.2 Å². The third-order valence-corrected chi connectivity index (χ3v) is 11.3. The molecule has 0 N–H and O–H groups in total. The summed E-state index contributed by atoms with van der Waals surface area (Å²) >= 11 is 20.5. The second kappa shape index (κ2) is 12.3. The van der Waals surface area contributed by atoms with Crippen molar-refractivity contribution in [2.24, 2.45) is 11.8 Å². The number of imide groups is 1. The van der Waals surface area contributed by atoms with Gasteiger partial charge in [-0.3, -0.25) is 19.2 Å². The molecule has 1 aliphatic carbocycles. The Morgan fingerprint density at radius 1 is 0.902 bits per heavy atom. The molecule has 1 saturated carbocycles. The quantitative estimate of drug-likeness (QED) is 0.0909. The minimum Gasteiger partial charge on any atom is -0.422 e. The Labute approximate surface area is 265 Å². The molecule has 4 atom stereocenters. The molecule has 41 heavy (non-hydrogen) atoms. The number of fused-ring (bicyclic) bond motifs is 1. The van der Waals surface area contributed by atoms with Gasteiger partial charge in [-0.2, -0.15) is 5.01 Å². The van der Waals surface area contributed by atoms with E-state index in [0.29, 0.717) is 17.7 Å². The monoisotopic (exact) mass is 740 g/mol. The van der Waals surface area contributed by atoms with Gasteiger partial charge < -0.3 is 4.74 Å². The molecule has 1 aromatic heterocycles. The first-order valence-electron chi connectivity index (χ1n) is 12.4. The van der Waals surface area contributed by atoms with Crippen LogP contribution in [0.1, 0.15) is 43.2 Å². The van der Waals surface area contributed by atoms with E-state index in [9.17, 15) is 24.0 Å². The van der Waals surface area contributed by atoms with E-state index in [1.165, 1.54) is 53.8 Å². The third kappa shape index (κ3) is 6.15. The summed E-state index contributed by atoms with van der Waals surface area (Å²) in [6.45, 7) is -0.597. The van der Waals surface area contributed by atoms with Crippen LogP contribution >= 0.6 is 66.4 Å². The first-order chi connectivity index (χ1) is 19.5. The molecule has 0 radical (unpaired) electrons. The normalized spacial score (nSPS) is 21.9. The van der Waals surface area contributed by atoms with Crippen molar-refractivity contribution in [3.05, 3.63) is 86.0 Å². The van der Waals surface area contributed by atoms with Gasteiger partial charge in [-0.05, 0) is 66.8 Å². The number of ether oxygens (including phenoxy) is 1. The van der Waals surface area contributed by atoms with Crippen molar-refractivity contribution >= 4 is 95.9 Å². The minimum absolute atomic E-state index is 0.0336. The molecule has 5 rings (SSSR count). The topological polar surface area (TPSA) is 101 Å². The summed E-state index contributed by atoms with van der Waals surface area (Å²) in [5, 5.41) is 3.76. The zero-order chi connectivity index (χ0) is 29.4. The van der Waals surface area contributed by atoms with Crippen LogP contribution in [-0.2, 0) is 9.59 Å². The molecule has 3 aromatic rings. The van der Waals surface area contributed by atoms with Crippen LogP contribution in [0.4, 0.5) is 0 Å². The van der Waals surface area contributed by atoms with Gasteiger partial charge in [-0.25, -0.2) is 9.80 Å². The second-order valence-electron chi connectivity index (χ2n) is 9.51. The van der Waals surface area contributed by atoms with E-state index >= 15 is 0 Å². The van der Waals surface area contributed by atoms with Gasteiger partial charge >= 0.3 is 5.97 Å². The minimum atomic E-state index is -0.760. The number of halogens is 4. The Kier molecular flexibility index (Phi) is 9.01. The Bertz CT molecular complexity index is 1510. The Morgan fingerprint density at radius 3 is 2.07 bits per heavy atom. The standard InChI is InChI=1S/C28H20Br2Cl2N2O6S/c29-19-11-17-18(12-20(19)30)27(38)34(26(17)37)33(25(36)15-5-8-21(31)22(32)10-15)13-23(35)14-3-6-16(7-4-14)40-28(39)24-2-1-9-41-24/h1-10,17-20H,11-13H2/t17-,18+,19+,20-. The number of hydrogen-bond acceptors (Lipinski definition) is 7. The van der Waals surface area contributed by atoms with E-state index in [0.717, 1.165) is 10.0 Å². The summed E-state index contributed by atoms with van der Waals surface area (Å²) in [7, 11) is 0. The summed E-state index contributed by atoms with van der Waals surface area (Å²) in [6, 6.07) is 13.3. The molecule has 8 nitrogen and oxygen atoms in total. The average Bonchev–Trinajstić information content (AvgIpc) is 3.57. The number of thiophene rings is 1. The van der Waals surface area contributed by atoms with Crippen LogP contribution in [0.15, 0.2) is 60.0 Å². The fourth-order valence-corrected chi connectivity index (χ4v) is 6.95. The summed E-state index contributed by atoms with van der Waals surface area (Å²) < 4.78 is 5.34. The number of amides is 3. The Hall–Kier alpha value is -2.57. The summed E-state index contributed by atoms with van der Waals surface area (Å²) in [6.07, 6.45) is 0.798.